The van der Waals surface area contributed by atoms with Gasteiger partial charge in [0.05, 0.1) is 18.2 Å². The molecule has 0 aliphatic carbocycles. The Bertz CT molecular complexity index is 890. The monoisotopic (exact) mass is 409 g/mol. The smallest absolute Gasteiger partial charge is 0.251 e. The highest BCUT2D eigenvalue weighted by atomic mass is 35.5. The maximum absolute atomic E-state index is 12.9. The van der Waals surface area contributed by atoms with Crippen molar-refractivity contribution in [2.75, 3.05) is 37.6 Å². The molecule has 6 heteroatoms. The van der Waals surface area contributed by atoms with E-state index in [0.717, 1.165) is 32.7 Å². The van der Waals surface area contributed by atoms with E-state index >= 15 is 0 Å². The molecule has 2 fully saturated rings. The third-order valence-corrected chi connectivity index (χ3v) is 5.78. The highest BCUT2D eigenvalue weighted by molar-refractivity contribution is 6.30. The Labute approximate surface area is 176 Å². The van der Waals surface area contributed by atoms with Crippen molar-refractivity contribution >= 4 is 35.2 Å². The fraction of sp³-hybridized carbons (Fsp3) is 0.304. The molecular weight excluding hydrogens is 386 g/mol. The van der Waals surface area contributed by atoms with Crippen LogP contribution in [0.5, 0.6) is 0 Å². The van der Waals surface area contributed by atoms with E-state index in [0.29, 0.717) is 10.7 Å². The highest BCUT2D eigenvalue weighted by Gasteiger charge is 2.43. The predicted molar refractivity (Wildman–Crippen MR) is 116 cm³/mol. The van der Waals surface area contributed by atoms with Gasteiger partial charge in [0.2, 0.25) is 5.91 Å². The zero-order chi connectivity index (χ0) is 20.2. The van der Waals surface area contributed by atoms with Crippen molar-refractivity contribution in [2.24, 2.45) is 0 Å². The highest BCUT2D eigenvalue weighted by Crippen LogP contribution is 2.27. The van der Waals surface area contributed by atoms with E-state index in [1.54, 1.807) is 24.3 Å². The van der Waals surface area contributed by atoms with Crippen molar-refractivity contribution in [1.29, 1.82) is 0 Å². The summed E-state index contributed by atoms with van der Waals surface area (Å²) in [5, 5.41) is 0.585. The molecule has 0 saturated carbocycles. The number of rotatable bonds is 5. The molecule has 1 atom stereocenters. The van der Waals surface area contributed by atoms with Crippen molar-refractivity contribution in [3.05, 3.63) is 71.3 Å². The Kier molecular flexibility index (Phi) is 6.09. The van der Waals surface area contributed by atoms with E-state index in [1.807, 2.05) is 18.2 Å². The van der Waals surface area contributed by atoms with Crippen LogP contribution in [-0.4, -0.2) is 60.4 Å². The second-order valence-corrected chi connectivity index (χ2v) is 7.85. The van der Waals surface area contributed by atoms with Crippen LogP contribution in [0.3, 0.4) is 0 Å². The van der Waals surface area contributed by atoms with Gasteiger partial charge in [-0.05, 0) is 29.8 Å². The molecule has 150 valence electrons. The summed E-state index contributed by atoms with van der Waals surface area (Å²) in [5.41, 5.74) is 1.79. The van der Waals surface area contributed by atoms with Gasteiger partial charge >= 0.3 is 0 Å². The standard InChI is InChI=1S/C23H24ClN3O2/c24-19-8-10-20(11-9-19)27-22(28)17-21(23(27)29)26-15-13-25(14-16-26)12-4-7-18-5-2-1-3-6-18/h1-11,21H,12-17H2/b7-4-/t21-/m1/s1. The second-order valence-electron chi connectivity index (χ2n) is 7.41. The Morgan fingerprint density at radius 2 is 1.62 bits per heavy atom. The lowest BCUT2D eigenvalue weighted by molar-refractivity contribution is -0.123. The fourth-order valence-corrected chi connectivity index (χ4v) is 4.05. The van der Waals surface area contributed by atoms with Crippen LogP contribution in [0.15, 0.2) is 60.7 Å². The summed E-state index contributed by atoms with van der Waals surface area (Å²) in [7, 11) is 0. The van der Waals surface area contributed by atoms with E-state index in [9.17, 15) is 9.59 Å². The van der Waals surface area contributed by atoms with E-state index in [2.05, 4.69) is 34.1 Å². The molecule has 29 heavy (non-hydrogen) atoms. The molecule has 0 spiro atoms. The Morgan fingerprint density at radius 3 is 2.31 bits per heavy atom. The molecule has 2 aromatic rings. The number of anilines is 1. The zero-order valence-corrected chi connectivity index (χ0v) is 17.0. The van der Waals surface area contributed by atoms with Gasteiger partial charge in [0, 0.05) is 37.7 Å². The van der Waals surface area contributed by atoms with Crippen LogP contribution < -0.4 is 4.90 Å². The maximum Gasteiger partial charge on any atom is 0.251 e. The SMILES string of the molecule is O=C1C[C@@H](N2CCN(C/C=C\c3ccccc3)CC2)C(=O)N1c1ccc(Cl)cc1. The van der Waals surface area contributed by atoms with E-state index in [1.165, 1.54) is 10.5 Å². The molecule has 0 aromatic heterocycles. The average molecular weight is 410 g/mol. The van der Waals surface area contributed by atoms with E-state index < -0.39 is 0 Å². The minimum absolute atomic E-state index is 0.130. The third kappa shape index (κ3) is 4.58. The summed E-state index contributed by atoms with van der Waals surface area (Å²) >= 11 is 5.92. The molecule has 0 radical (unpaired) electrons. The summed E-state index contributed by atoms with van der Waals surface area (Å²) in [4.78, 5) is 31.2. The number of piperazine rings is 1. The number of carbonyl (C=O) groups excluding carboxylic acids is 2. The molecule has 0 bridgehead atoms. The van der Waals surface area contributed by atoms with Gasteiger partial charge < -0.3 is 0 Å². The van der Waals surface area contributed by atoms with E-state index in [4.69, 9.17) is 11.6 Å². The number of imide groups is 1. The molecule has 2 amide bonds. The normalized spacial score (nSPS) is 21.4. The first-order valence-corrected chi connectivity index (χ1v) is 10.3. The van der Waals surface area contributed by atoms with Crippen molar-refractivity contribution < 1.29 is 9.59 Å². The van der Waals surface area contributed by atoms with Crippen LogP contribution >= 0.6 is 11.6 Å². The van der Waals surface area contributed by atoms with E-state index in [-0.39, 0.29) is 24.3 Å². The van der Waals surface area contributed by atoms with Gasteiger partial charge in [-0.1, -0.05) is 54.1 Å². The molecular formula is C23H24ClN3O2. The first-order chi connectivity index (χ1) is 14.1. The Balaban J connectivity index is 1.31. The van der Waals surface area contributed by atoms with Crippen molar-refractivity contribution in [2.45, 2.75) is 12.5 Å². The fourth-order valence-electron chi connectivity index (χ4n) is 3.92. The number of nitrogens with zero attached hydrogens (tertiary/aromatic N) is 3. The largest absolute Gasteiger partial charge is 0.297 e. The number of hydrogen-bond acceptors (Lipinski definition) is 4. The van der Waals surface area contributed by atoms with Crippen molar-refractivity contribution in [3.63, 3.8) is 0 Å². The molecule has 5 nitrogen and oxygen atoms in total. The van der Waals surface area contributed by atoms with Gasteiger partial charge in [-0.2, -0.15) is 0 Å². The van der Waals surface area contributed by atoms with Crippen LogP contribution in [0.1, 0.15) is 12.0 Å². The van der Waals surface area contributed by atoms with Crippen LogP contribution in [0.2, 0.25) is 5.02 Å². The number of halogens is 1. The van der Waals surface area contributed by atoms with Gasteiger partial charge in [-0.15, -0.1) is 0 Å². The summed E-state index contributed by atoms with van der Waals surface area (Å²) in [6.07, 6.45) is 4.56. The molecule has 2 aliphatic heterocycles. The van der Waals surface area contributed by atoms with Gasteiger partial charge in [-0.25, -0.2) is 4.90 Å². The van der Waals surface area contributed by atoms with Gasteiger partial charge in [0.15, 0.2) is 0 Å². The molecule has 0 unspecified atom stereocenters. The number of carbonyl (C=O) groups is 2. The summed E-state index contributed by atoms with van der Waals surface area (Å²) in [6, 6.07) is 16.7. The Morgan fingerprint density at radius 1 is 0.931 bits per heavy atom. The van der Waals surface area contributed by atoms with Crippen LogP contribution in [0.4, 0.5) is 5.69 Å². The maximum atomic E-state index is 12.9. The van der Waals surface area contributed by atoms with Crippen LogP contribution in [-0.2, 0) is 9.59 Å². The minimum atomic E-state index is -0.361. The lowest BCUT2D eigenvalue weighted by atomic mass is 10.1. The van der Waals surface area contributed by atoms with Crippen molar-refractivity contribution in [3.8, 4) is 0 Å². The van der Waals surface area contributed by atoms with Crippen LogP contribution in [0.25, 0.3) is 6.08 Å². The van der Waals surface area contributed by atoms with Gasteiger partial charge in [0.1, 0.15) is 0 Å². The predicted octanol–water partition coefficient (Wildman–Crippen LogP) is 3.30. The summed E-state index contributed by atoms with van der Waals surface area (Å²) < 4.78 is 0. The number of benzene rings is 2. The van der Waals surface area contributed by atoms with Crippen LogP contribution in [0, 0.1) is 0 Å². The second kappa shape index (κ2) is 8.91. The summed E-state index contributed by atoms with van der Waals surface area (Å²) in [6.45, 7) is 4.24. The van der Waals surface area contributed by atoms with Crippen molar-refractivity contribution in [1.82, 2.24) is 9.80 Å². The zero-order valence-electron chi connectivity index (χ0n) is 16.2. The molecule has 2 heterocycles. The summed E-state index contributed by atoms with van der Waals surface area (Å²) in [5.74, 6) is -0.273. The topological polar surface area (TPSA) is 43.9 Å². The molecule has 2 saturated heterocycles. The third-order valence-electron chi connectivity index (χ3n) is 5.53. The number of hydrogen-bond donors (Lipinski definition) is 0. The number of amides is 2. The molecule has 2 aliphatic rings. The first kappa shape index (κ1) is 19.8. The van der Waals surface area contributed by atoms with Gasteiger partial charge in [0.25, 0.3) is 5.91 Å². The quantitative estimate of drug-likeness (QED) is 0.711. The Hall–Kier alpha value is -2.47. The molecule has 4 rings (SSSR count). The minimum Gasteiger partial charge on any atom is -0.297 e. The average Bonchev–Trinajstić information content (AvgIpc) is 3.04. The molecule has 0 N–H and O–H groups in total. The molecule has 2 aromatic carbocycles. The lowest BCUT2D eigenvalue weighted by Gasteiger charge is -2.36. The van der Waals surface area contributed by atoms with Gasteiger partial charge in [-0.3, -0.25) is 19.4 Å². The first-order valence-electron chi connectivity index (χ1n) is 9.92. The lowest BCUT2D eigenvalue weighted by Crippen LogP contribution is -2.52.